The van der Waals surface area contributed by atoms with Gasteiger partial charge in [0.2, 0.25) is 5.91 Å². The van der Waals surface area contributed by atoms with E-state index in [9.17, 15) is 9.59 Å². The van der Waals surface area contributed by atoms with E-state index in [-0.39, 0.29) is 24.4 Å². The minimum Gasteiger partial charge on any atom is -0.493 e. The molecule has 0 aliphatic carbocycles. The third-order valence-electron chi connectivity index (χ3n) is 5.66. The Kier molecular flexibility index (Phi) is 9.74. The first kappa shape index (κ1) is 26.8. The quantitative estimate of drug-likeness (QED) is 0.305. The zero-order valence-corrected chi connectivity index (χ0v) is 22.9. The molecule has 0 saturated heterocycles. The van der Waals surface area contributed by atoms with Gasteiger partial charge in [-0.1, -0.05) is 34.1 Å². The van der Waals surface area contributed by atoms with Gasteiger partial charge in [-0.3, -0.25) is 9.59 Å². The molecule has 2 amide bonds. The van der Waals surface area contributed by atoms with Crippen LogP contribution in [0.15, 0.2) is 64.5 Å². The lowest BCUT2D eigenvalue weighted by molar-refractivity contribution is -0.132. The van der Waals surface area contributed by atoms with E-state index in [2.05, 4.69) is 15.9 Å². The van der Waals surface area contributed by atoms with Crippen LogP contribution in [0.5, 0.6) is 11.5 Å². The van der Waals surface area contributed by atoms with Crippen LogP contribution in [-0.2, 0) is 17.8 Å². The van der Waals surface area contributed by atoms with Crippen LogP contribution in [-0.4, -0.2) is 55.0 Å². The number of thiophene rings is 1. The number of halogens is 1. The fourth-order valence-corrected chi connectivity index (χ4v) is 4.82. The van der Waals surface area contributed by atoms with Gasteiger partial charge in [0, 0.05) is 27.5 Å². The summed E-state index contributed by atoms with van der Waals surface area (Å²) in [5, 5.41) is 2.00. The summed E-state index contributed by atoms with van der Waals surface area (Å²) in [7, 11) is 3.21. The Balaban J connectivity index is 1.77. The van der Waals surface area contributed by atoms with Crippen LogP contribution in [0, 0.1) is 0 Å². The van der Waals surface area contributed by atoms with E-state index in [0.717, 1.165) is 14.9 Å². The van der Waals surface area contributed by atoms with Gasteiger partial charge in [0.25, 0.3) is 5.91 Å². The molecule has 35 heavy (non-hydrogen) atoms. The van der Waals surface area contributed by atoms with E-state index in [1.165, 1.54) is 0 Å². The maximum Gasteiger partial charge on any atom is 0.254 e. The molecule has 0 N–H and O–H groups in total. The third-order valence-corrected chi connectivity index (χ3v) is 7.01. The van der Waals surface area contributed by atoms with Crippen LogP contribution in [0.2, 0.25) is 0 Å². The van der Waals surface area contributed by atoms with E-state index < -0.39 is 0 Å². The molecule has 3 rings (SSSR count). The highest BCUT2D eigenvalue weighted by Gasteiger charge is 2.25. The zero-order chi connectivity index (χ0) is 25.4. The summed E-state index contributed by atoms with van der Waals surface area (Å²) in [5.41, 5.74) is 1.59. The summed E-state index contributed by atoms with van der Waals surface area (Å²) in [6.45, 7) is 4.89. The fraction of sp³-hybridized carbons (Fsp3) is 0.333. The molecule has 0 spiro atoms. The summed E-state index contributed by atoms with van der Waals surface area (Å²) in [4.78, 5) is 31.3. The number of nitrogens with zero attached hydrogens (tertiary/aromatic N) is 2. The van der Waals surface area contributed by atoms with Crippen LogP contribution < -0.4 is 9.47 Å². The van der Waals surface area contributed by atoms with Gasteiger partial charge in [0.05, 0.1) is 20.8 Å². The number of benzene rings is 2. The van der Waals surface area contributed by atoms with Crippen LogP contribution >= 0.6 is 27.3 Å². The van der Waals surface area contributed by atoms with Crippen molar-refractivity contribution in [1.29, 1.82) is 0 Å². The van der Waals surface area contributed by atoms with E-state index in [4.69, 9.17) is 9.47 Å². The Morgan fingerprint density at radius 2 is 1.77 bits per heavy atom. The molecule has 1 aromatic heterocycles. The molecule has 6 nitrogen and oxygen atoms in total. The van der Waals surface area contributed by atoms with Crippen LogP contribution in [0.3, 0.4) is 0 Å². The minimum absolute atomic E-state index is 0.0142. The first-order valence-electron chi connectivity index (χ1n) is 11.4. The molecule has 0 unspecified atom stereocenters. The molecule has 8 heteroatoms. The van der Waals surface area contributed by atoms with Crippen molar-refractivity contribution in [2.75, 3.05) is 27.3 Å². The number of hydrogen-bond acceptors (Lipinski definition) is 5. The maximum absolute atomic E-state index is 13.5. The number of methoxy groups -OCH3 is 2. The van der Waals surface area contributed by atoms with Crippen LogP contribution in [0.1, 0.15) is 34.6 Å². The number of ether oxygens (including phenoxy) is 2. The molecular weight excluding hydrogens is 528 g/mol. The molecule has 0 bridgehead atoms. The second-order valence-electron chi connectivity index (χ2n) is 8.37. The van der Waals surface area contributed by atoms with E-state index in [0.29, 0.717) is 36.6 Å². The van der Waals surface area contributed by atoms with Gasteiger partial charge in [-0.05, 0) is 67.6 Å². The lowest BCUT2D eigenvalue weighted by Gasteiger charge is -2.30. The molecule has 3 aromatic rings. The zero-order valence-electron chi connectivity index (χ0n) is 20.5. The summed E-state index contributed by atoms with van der Waals surface area (Å²) >= 11 is 5.04. The monoisotopic (exact) mass is 558 g/mol. The minimum atomic E-state index is -0.161. The molecular formula is C27H31BrN2O4S. The number of carbonyl (C=O) groups is 2. The highest BCUT2D eigenvalue weighted by atomic mass is 79.9. The fourth-order valence-electron chi connectivity index (χ4n) is 3.70. The maximum atomic E-state index is 13.5. The van der Waals surface area contributed by atoms with Gasteiger partial charge < -0.3 is 19.3 Å². The molecule has 2 aromatic carbocycles. The van der Waals surface area contributed by atoms with Crippen molar-refractivity contribution in [3.63, 3.8) is 0 Å². The SMILES string of the molecule is COc1ccc(CCN(Cc2cccs2)C(=O)CN(C(=O)c2cccc(Br)c2)C(C)C)cc1OC. The van der Waals surface area contributed by atoms with Crippen molar-refractivity contribution in [2.45, 2.75) is 32.9 Å². The molecule has 0 atom stereocenters. The largest absolute Gasteiger partial charge is 0.493 e. The van der Waals surface area contributed by atoms with Crippen LogP contribution in [0.4, 0.5) is 0 Å². The highest BCUT2D eigenvalue weighted by Crippen LogP contribution is 2.28. The van der Waals surface area contributed by atoms with Gasteiger partial charge in [-0.15, -0.1) is 11.3 Å². The first-order valence-corrected chi connectivity index (χ1v) is 13.1. The van der Waals surface area contributed by atoms with E-state index >= 15 is 0 Å². The van der Waals surface area contributed by atoms with Crippen molar-refractivity contribution in [2.24, 2.45) is 0 Å². The summed E-state index contributed by atoms with van der Waals surface area (Å²) in [5.74, 6) is 1.08. The first-order chi connectivity index (χ1) is 16.8. The second kappa shape index (κ2) is 12.7. The van der Waals surface area contributed by atoms with E-state index in [1.54, 1.807) is 42.6 Å². The third kappa shape index (κ3) is 7.32. The molecule has 0 saturated carbocycles. The molecule has 0 aliphatic rings. The Bertz CT molecular complexity index is 1130. The summed E-state index contributed by atoms with van der Waals surface area (Å²) in [6.07, 6.45) is 0.652. The van der Waals surface area contributed by atoms with Crippen molar-refractivity contribution in [3.8, 4) is 11.5 Å². The number of hydrogen-bond donors (Lipinski definition) is 0. The van der Waals surface area contributed by atoms with Gasteiger partial charge in [0.15, 0.2) is 11.5 Å². The van der Waals surface area contributed by atoms with Gasteiger partial charge >= 0.3 is 0 Å². The molecule has 0 fully saturated rings. The second-order valence-corrected chi connectivity index (χ2v) is 10.3. The number of carbonyl (C=O) groups excluding carboxylic acids is 2. The lowest BCUT2D eigenvalue weighted by Crippen LogP contribution is -2.46. The Labute approximate surface area is 219 Å². The molecule has 186 valence electrons. The topological polar surface area (TPSA) is 59.1 Å². The predicted molar refractivity (Wildman–Crippen MR) is 143 cm³/mol. The molecule has 1 heterocycles. The smallest absolute Gasteiger partial charge is 0.254 e. The normalized spacial score (nSPS) is 10.8. The average Bonchev–Trinajstić information content (AvgIpc) is 3.37. The Morgan fingerprint density at radius 1 is 1.00 bits per heavy atom. The number of amides is 2. The molecule has 0 radical (unpaired) electrons. The summed E-state index contributed by atoms with van der Waals surface area (Å²) in [6, 6.07) is 16.9. The summed E-state index contributed by atoms with van der Waals surface area (Å²) < 4.78 is 11.6. The van der Waals surface area contributed by atoms with Gasteiger partial charge in [-0.2, -0.15) is 0 Å². The van der Waals surface area contributed by atoms with E-state index in [1.807, 2.05) is 66.6 Å². The van der Waals surface area contributed by atoms with Crippen molar-refractivity contribution >= 4 is 39.1 Å². The molecule has 0 aliphatic heterocycles. The Hall–Kier alpha value is -2.84. The predicted octanol–water partition coefficient (Wildman–Crippen LogP) is 5.65. The van der Waals surface area contributed by atoms with Crippen molar-refractivity contribution in [1.82, 2.24) is 9.80 Å². The number of rotatable bonds is 11. The lowest BCUT2D eigenvalue weighted by atomic mass is 10.1. The van der Waals surface area contributed by atoms with Crippen molar-refractivity contribution < 1.29 is 19.1 Å². The average molecular weight is 560 g/mol. The van der Waals surface area contributed by atoms with Crippen LogP contribution in [0.25, 0.3) is 0 Å². The Morgan fingerprint density at radius 3 is 2.40 bits per heavy atom. The highest BCUT2D eigenvalue weighted by molar-refractivity contribution is 9.10. The van der Waals surface area contributed by atoms with Gasteiger partial charge in [-0.25, -0.2) is 0 Å². The van der Waals surface area contributed by atoms with Crippen molar-refractivity contribution in [3.05, 3.63) is 80.5 Å². The van der Waals surface area contributed by atoms with Gasteiger partial charge in [0.1, 0.15) is 6.54 Å². The standard InChI is InChI=1S/C27H31BrN2O4S/c1-19(2)30(27(32)21-7-5-8-22(28)16-21)18-26(31)29(17-23-9-6-14-35-23)13-12-20-10-11-24(33-3)25(15-20)34-4/h5-11,14-16,19H,12-13,17-18H2,1-4H3.